The van der Waals surface area contributed by atoms with Crippen LogP contribution in [0.1, 0.15) is 28.2 Å². The number of nitrogens with two attached hydrogens (primary N) is 1. The highest BCUT2D eigenvalue weighted by molar-refractivity contribution is 7.17. The van der Waals surface area contributed by atoms with Gasteiger partial charge in [-0.3, -0.25) is 4.79 Å². The van der Waals surface area contributed by atoms with Gasteiger partial charge in [-0.25, -0.2) is 4.68 Å². The number of nitrogens with one attached hydrogen (secondary N) is 1. The van der Waals surface area contributed by atoms with Gasteiger partial charge in [-0.1, -0.05) is 23.4 Å². The van der Waals surface area contributed by atoms with Gasteiger partial charge in [0, 0.05) is 25.0 Å². The Kier molecular flexibility index (Phi) is 6.31. The fourth-order valence-corrected chi connectivity index (χ4v) is 3.66. The van der Waals surface area contributed by atoms with Crippen LogP contribution >= 0.6 is 22.9 Å². The molecule has 3 N–H and O–H groups in total. The third-order valence-corrected chi connectivity index (χ3v) is 5.39. The van der Waals surface area contributed by atoms with Crippen molar-refractivity contribution in [3.63, 3.8) is 0 Å². The molecule has 0 bridgehead atoms. The summed E-state index contributed by atoms with van der Waals surface area (Å²) in [4.78, 5) is 14.9. The van der Waals surface area contributed by atoms with E-state index in [1.807, 2.05) is 12.2 Å². The number of allylic oxidation sites excluding steroid dienone is 3. The van der Waals surface area contributed by atoms with Crippen molar-refractivity contribution in [2.45, 2.75) is 19.4 Å². The number of carbonyl (C=O) groups excluding carboxylic acids is 1. The number of carbonyl (C=O) groups is 1. The molecule has 7 nitrogen and oxygen atoms in total. The summed E-state index contributed by atoms with van der Waals surface area (Å²) in [7, 11) is 0. The highest BCUT2D eigenvalue weighted by Crippen LogP contribution is 2.21. The first-order chi connectivity index (χ1) is 13.1. The summed E-state index contributed by atoms with van der Waals surface area (Å²) in [6, 6.07) is 3.38. The van der Waals surface area contributed by atoms with Gasteiger partial charge < -0.3 is 16.0 Å². The van der Waals surface area contributed by atoms with Crippen LogP contribution in [0.3, 0.4) is 0 Å². The maximum absolute atomic E-state index is 12.1. The summed E-state index contributed by atoms with van der Waals surface area (Å²) in [5.74, 6) is -0.196. The molecule has 3 heterocycles. The second-order valence-corrected chi connectivity index (χ2v) is 7.77. The zero-order chi connectivity index (χ0) is 19.2. The van der Waals surface area contributed by atoms with Crippen LogP contribution in [-0.4, -0.2) is 38.9 Å². The standard InChI is InChI=1S/C18H21ClN6OS/c1-13(24-8-2-3-9-24)4-5-15(10-20)25-12-14(22-23-25)11-21-18(26)16-6-7-17(19)27-16/h4-7,10,12H,1-3,8-9,11,20H2,(H,21,26)/b5-4-,15-10+. The van der Waals surface area contributed by atoms with Crippen LogP contribution in [0, 0.1) is 0 Å². The normalized spacial score (nSPS) is 14.9. The maximum atomic E-state index is 12.1. The first-order valence-corrected chi connectivity index (χ1v) is 9.75. The van der Waals surface area contributed by atoms with Crippen LogP contribution in [0.25, 0.3) is 5.70 Å². The molecule has 142 valence electrons. The summed E-state index contributed by atoms with van der Waals surface area (Å²) < 4.78 is 2.14. The molecular formula is C18H21ClN6OS. The average Bonchev–Trinajstić information content (AvgIpc) is 3.42. The van der Waals surface area contributed by atoms with Crippen molar-refractivity contribution in [3.8, 4) is 0 Å². The number of rotatable bonds is 7. The number of hydrogen-bond donors (Lipinski definition) is 2. The van der Waals surface area contributed by atoms with Crippen LogP contribution in [0.2, 0.25) is 4.34 Å². The Morgan fingerprint density at radius 2 is 2.15 bits per heavy atom. The Hall–Kier alpha value is -2.58. The minimum absolute atomic E-state index is 0.196. The SMILES string of the molecule is C=C(/C=C\C(=C/N)n1cc(CNC(=O)c2ccc(Cl)s2)nn1)N1CCCC1. The van der Waals surface area contributed by atoms with Crippen LogP contribution < -0.4 is 11.1 Å². The molecule has 1 aliphatic heterocycles. The second kappa shape index (κ2) is 8.88. The summed E-state index contributed by atoms with van der Waals surface area (Å²) in [5.41, 5.74) is 7.98. The minimum atomic E-state index is -0.196. The number of amides is 1. The van der Waals surface area contributed by atoms with Gasteiger partial charge in [0.05, 0.1) is 27.7 Å². The molecule has 1 saturated heterocycles. The van der Waals surface area contributed by atoms with Gasteiger partial charge in [-0.2, -0.15) is 0 Å². The number of hydrogen-bond acceptors (Lipinski definition) is 6. The van der Waals surface area contributed by atoms with E-state index in [-0.39, 0.29) is 12.5 Å². The number of halogens is 1. The van der Waals surface area contributed by atoms with Crippen molar-refractivity contribution in [1.29, 1.82) is 0 Å². The number of likely N-dealkylation sites (tertiary alicyclic amines) is 1. The molecule has 1 aliphatic rings. The van der Waals surface area contributed by atoms with Crippen molar-refractivity contribution in [2.24, 2.45) is 5.73 Å². The molecule has 0 atom stereocenters. The Bertz CT molecular complexity index is 878. The van der Waals surface area contributed by atoms with Crippen molar-refractivity contribution >= 4 is 34.5 Å². The minimum Gasteiger partial charge on any atom is -0.403 e. The lowest BCUT2D eigenvalue weighted by molar-refractivity contribution is 0.0954. The van der Waals surface area contributed by atoms with Gasteiger partial charge in [0.1, 0.15) is 5.69 Å². The van der Waals surface area contributed by atoms with Gasteiger partial charge >= 0.3 is 0 Å². The van der Waals surface area contributed by atoms with E-state index in [0.29, 0.717) is 20.6 Å². The van der Waals surface area contributed by atoms with Gasteiger partial charge in [0.15, 0.2) is 0 Å². The van der Waals surface area contributed by atoms with Crippen molar-refractivity contribution < 1.29 is 4.79 Å². The number of thiophene rings is 1. The molecule has 2 aromatic heterocycles. The van der Waals surface area contributed by atoms with Gasteiger partial charge in [0.25, 0.3) is 5.91 Å². The fraction of sp³-hybridized carbons (Fsp3) is 0.278. The van der Waals surface area contributed by atoms with E-state index in [1.54, 1.807) is 23.0 Å². The topological polar surface area (TPSA) is 89.1 Å². The quantitative estimate of drug-likeness (QED) is 0.692. The molecule has 0 radical (unpaired) electrons. The third kappa shape index (κ3) is 4.99. The number of nitrogens with zero attached hydrogens (tertiary/aromatic N) is 4. The summed E-state index contributed by atoms with van der Waals surface area (Å²) in [6.07, 6.45) is 9.35. The van der Waals surface area contributed by atoms with E-state index >= 15 is 0 Å². The molecule has 27 heavy (non-hydrogen) atoms. The molecule has 9 heteroatoms. The van der Waals surface area contributed by atoms with Gasteiger partial charge in [-0.15, -0.1) is 16.4 Å². The first-order valence-electron chi connectivity index (χ1n) is 8.56. The predicted molar refractivity (Wildman–Crippen MR) is 108 cm³/mol. The van der Waals surface area contributed by atoms with E-state index in [2.05, 4.69) is 27.1 Å². The fourth-order valence-electron chi connectivity index (χ4n) is 2.70. The van der Waals surface area contributed by atoms with E-state index in [0.717, 1.165) is 18.8 Å². The summed E-state index contributed by atoms with van der Waals surface area (Å²) >= 11 is 7.08. The molecule has 0 unspecified atom stereocenters. The van der Waals surface area contributed by atoms with E-state index in [4.69, 9.17) is 17.3 Å². The summed E-state index contributed by atoms with van der Waals surface area (Å²) in [5, 5.41) is 10.9. The smallest absolute Gasteiger partial charge is 0.261 e. The lowest BCUT2D eigenvalue weighted by Crippen LogP contribution is -2.21. The highest BCUT2D eigenvalue weighted by Gasteiger charge is 2.12. The Labute approximate surface area is 166 Å². The number of aromatic nitrogens is 3. The molecule has 1 fully saturated rings. The first kappa shape index (κ1) is 19.2. The lowest BCUT2D eigenvalue weighted by atomic mass is 10.3. The van der Waals surface area contributed by atoms with E-state index in [1.165, 1.54) is 30.4 Å². The monoisotopic (exact) mass is 404 g/mol. The largest absolute Gasteiger partial charge is 0.403 e. The van der Waals surface area contributed by atoms with Crippen molar-refractivity contribution in [3.05, 3.63) is 63.9 Å². The predicted octanol–water partition coefficient (Wildman–Crippen LogP) is 2.85. The molecule has 2 aromatic rings. The third-order valence-electron chi connectivity index (χ3n) is 4.16. The zero-order valence-corrected chi connectivity index (χ0v) is 16.3. The average molecular weight is 405 g/mol. The van der Waals surface area contributed by atoms with Gasteiger partial charge in [-0.05, 0) is 37.1 Å². The zero-order valence-electron chi connectivity index (χ0n) is 14.8. The Morgan fingerprint density at radius 3 is 2.81 bits per heavy atom. The molecule has 1 amide bonds. The second-order valence-electron chi connectivity index (χ2n) is 6.05. The molecule has 0 spiro atoms. The maximum Gasteiger partial charge on any atom is 0.261 e. The molecular weight excluding hydrogens is 384 g/mol. The van der Waals surface area contributed by atoms with Crippen LogP contribution in [0.15, 0.2) is 49.0 Å². The Balaban J connectivity index is 1.58. The van der Waals surface area contributed by atoms with Crippen LogP contribution in [0.4, 0.5) is 0 Å². The molecule has 0 aliphatic carbocycles. The van der Waals surface area contributed by atoms with Crippen molar-refractivity contribution in [1.82, 2.24) is 25.2 Å². The molecule has 0 saturated carbocycles. The Morgan fingerprint density at radius 1 is 1.37 bits per heavy atom. The lowest BCUT2D eigenvalue weighted by Gasteiger charge is -2.17. The summed E-state index contributed by atoms with van der Waals surface area (Å²) in [6.45, 7) is 6.42. The van der Waals surface area contributed by atoms with E-state index < -0.39 is 0 Å². The van der Waals surface area contributed by atoms with Crippen LogP contribution in [0.5, 0.6) is 0 Å². The molecule has 3 rings (SSSR count). The van der Waals surface area contributed by atoms with Crippen molar-refractivity contribution in [2.75, 3.05) is 13.1 Å². The van der Waals surface area contributed by atoms with E-state index in [9.17, 15) is 4.79 Å². The van der Waals surface area contributed by atoms with Gasteiger partial charge in [0.2, 0.25) is 0 Å². The highest BCUT2D eigenvalue weighted by atomic mass is 35.5. The van der Waals surface area contributed by atoms with Crippen LogP contribution in [-0.2, 0) is 6.54 Å². The molecule has 0 aromatic carbocycles.